The zero-order valence-corrected chi connectivity index (χ0v) is 14.1. The predicted molar refractivity (Wildman–Crippen MR) is 99.0 cm³/mol. The van der Waals surface area contributed by atoms with Gasteiger partial charge in [-0.3, -0.25) is 4.79 Å². The Bertz CT molecular complexity index is 985. The Morgan fingerprint density at radius 2 is 1.68 bits per heavy atom. The predicted octanol–water partition coefficient (Wildman–Crippen LogP) is 3.74. The third kappa shape index (κ3) is 4.24. The molecule has 126 valence electrons. The molecular formula is C18H15ClN4O2. The first-order valence-corrected chi connectivity index (χ1v) is 7.87. The summed E-state index contributed by atoms with van der Waals surface area (Å²) in [5.41, 5.74) is 2.45. The summed E-state index contributed by atoms with van der Waals surface area (Å²) in [6.45, 7) is 0. The number of anilines is 2. The molecule has 6 nitrogen and oxygen atoms in total. The molecule has 0 aliphatic carbocycles. The van der Waals surface area contributed by atoms with Crippen molar-refractivity contribution in [3.8, 4) is 11.3 Å². The summed E-state index contributed by atoms with van der Waals surface area (Å²) in [6, 6.07) is 16.8. The van der Waals surface area contributed by atoms with Gasteiger partial charge in [0.15, 0.2) is 0 Å². The maximum atomic E-state index is 12.1. The van der Waals surface area contributed by atoms with Crippen LogP contribution in [0.5, 0.6) is 0 Å². The van der Waals surface area contributed by atoms with Gasteiger partial charge in [0.1, 0.15) is 0 Å². The van der Waals surface area contributed by atoms with Crippen LogP contribution in [-0.2, 0) is 7.05 Å². The zero-order chi connectivity index (χ0) is 17.8. The first-order chi connectivity index (χ1) is 12.0. The van der Waals surface area contributed by atoms with E-state index >= 15 is 0 Å². The summed E-state index contributed by atoms with van der Waals surface area (Å²) in [5, 5.41) is 10.2. The van der Waals surface area contributed by atoms with Crippen LogP contribution < -0.4 is 16.2 Å². The van der Waals surface area contributed by atoms with Crippen molar-refractivity contribution in [2.75, 3.05) is 10.6 Å². The van der Waals surface area contributed by atoms with Gasteiger partial charge in [-0.15, -0.1) is 0 Å². The van der Waals surface area contributed by atoms with Crippen molar-refractivity contribution >= 4 is 29.0 Å². The van der Waals surface area contributed by atoms with E-state index in [1.54, 1.807) is 55.6 Å². The fourth-order valence-electron chi connectivity index (χ4n) is 2.27. The Kier molecular flexibility index (Phi) is 4.81. The van der Waals surface area contributed by atoms with Crippen LogP contribution in [0, 0.1) is 0 Å². The summed E-state index contributed by atoms with van der Waals surface area (Å²) in [6.07, 6.45) is 0. The van der Waals surface area contributed by atoms with Gasteiger partial charge in [0.25, 0.3) is 5.56 Å². The number of hydrogen-bond acceptors (Lipinski definition) is 3. The van der Waals surface area contributed by atoms with E-state index in [-0.39, 0.29) is 11.6 Å². The minimum absolute atomic E-state index is 0.182. The van der Waals surface area contributed by atoms with Crippen molar-refractivity contribution in [2.24, 2.45) is 7.05 Å². The lowest BCUT2D eigenvalue weighted by Crippen LogP contribution is -2.19. The molecule has 0 bridgehead atoms. The zero-order valence-electron chi connectivity index (χ0n) is 13.4. The smallest absolute Gasteiger partial charge is 0.308 e. The van der Waals surface area contributed by atoms with E-state index in [1.807, 2.05) is 6.07 Å². The first kappa shape index (κ1) is 16.7. The lowest BCUT2D eigenvalue weighted by molar-refractivity contribution is 0.262. The van der Waals surface area contributed by atoms with Crippen LogP contribution in [0.1, 0.15) is 0 Å². The van der Waals surface area contributed by atoms with Gasteiger partial charge in [0, 0.05) is 35.1 Å². The maximum Gasteiger partial charge on any atom is 0.323 e. The Morgan fingerprint density at radius 3 is 2.36 bits per heavy atom. The van der Waals surface area contributed by atoms with Gasteiger partial charge >= 0.3 is 6.03 Å². The molecule has 0 saturated carbocycles. The largest absolute Gasteiger partial charge is 0.323 e. The second-order valence-corrected chi connectivity index (χ2v) is 5.79. The summed E-state index contributed by atoms with van der Waals surface area (Å²) in [5.74, 6) is 0. The lowest BCUT2D eigenvalue weighted by atomic mass is 10.1. The highest BCUT2D eigenvalue weighted by molar-refractivity contribution is 6.30. The SMILES string of the molecule is Cn1nc(-c2cccc(NC(=O)Nc3cccc(Cl)c3)c2)ccc1=O. The number of halogens is 1. The molecule has 7 heteroatoms. The van der Waals surface area contributed by atoms with E-state index in [0.29, 0.717) is 22.1 Å². The first-order valence-electron chi connectivity index (χ1n) is 7.50. The molecule has 0 fully saturated rings. The van der Waals surface area contributed by atoms with Crippen LogP contribution in [-0.4, -0.2) is 15.8 Å². The summed E-state index contributed by atoms with van der Waals surface area (Å²) in [7, 11) is 1.59. The number of carbonyl (C=O) groups excluding carboxylic acids is 1. The fraction of sp³-hybridized carbons (Fsp3) is 0.0556. The van der Waals surface area contributed by atoms with Crippen molar-refractivity contribution in [2.45, 2.75) is 0 Å². The van der Waals surface area contributed by atoms with Gasteiger partial charge in [-0.25, -0.2) is 9.48 Å². The van der Waals surface area contributed by atoms with Gasteiger partial charge < -0.3 is 10.6 Å². The molecule has 2 N–H and O–H groups in total. The number of rotatable bonds is 3. The quantitative estimate of drug-likeness (QED) is 0.752. The van der Waals surface area contributed by atoms with Gasteiger partial charge in [-0.1, -0.05) is 29.8 Å². The Labute approximate surface area is 149 Å². The van der Waals surface area contributed by atoms with Crippen molar-refractivity contribution in [3.05, 3.63) is 76.0 Å². The van der Waals surface area contributed by atoms with E-state index < -0.39 is 0 Å². The molecule has 25 heavy (non-hydrogen) atoms. The number of urea groups is 1. The molecule has 3 aromatic rings. The minimum Gasteiger partial charge on any atom is -0.308 e. The van der Waals surface area contributed by atoms with E-state index in [4.69, 9.17) is 11.6 Å². The molecule has 2 aromatic carbocycles. The second kappa shape index (κ2) is 7.19. The van der Waals surface area contributed by atoms with Crippen LogP contribution in [0.4, 0.5) is 16.2 Å². The third-order valence-electron chi connectivity index (χ3n) is 3.46. The van der Waals surface area contributed by atoms with Gasteiger partial charge in [0.05, 0.1) is 5.69 Å². The summed E-state index contributed by atoms with van der Waals surface area (Å²) in [4.78, 5) is 23.6. The van der Waals surface area contributed by atoms with Crippen LogP contribution in [0.2, 0.25) is 5.02 Å². The van der Waals surface area contributed by atoms with E-state index in [9.17, 15) is 9.59 Å². The van der Waals surface area contributed by atoms with E-state index in [0.717, 1.165) is 5.56 Å². The topological polar surface area (TPSA) is 76.0 Å². The summed E-state index contributed by atoms with van der Waals surface area (Å²) >= 11 is 5.90. The maximum absolute atomic E-state index is 12.1. The Balaban J connectivity index is 1.76. The van der Waals surface area contributed by atoms with Gasteiger partial charge in [0.2, 0.25) is 0 Å². The Morgan fingerprint density at radius 1 is 1.00 bits per heavy atom. The monoisotopic (exact) mass is 354 g/mol. The van der Waals surface area contributed by atoms with E-state index in [2.05, 4.69) is 15.7 Å². The van der Waals surface area contributed by atoms with Crippen LogP contribution in [0.15, 0.2) is 65.5 Å². The van der Waals surface area contributed by atoms with Crippen LogP contribution in [0.3, 0.4) is 0 Å². The molecule has 0 radical (unpaired) electrons. The third-order valence-corrected chi connectivity index (χ3v) is 3.69. The normalized spacial score (nSPS) is 10.3. The molecule has 0 aliphatic heterocycles. The number of hydrogen-bond donors (Lipinski definition) is 2. The van der Waals surface area contributed by atoms with Crippen molar-refractivity contribution in [1.29, 1.82) is 0 Å². The minimum atomic E-state index is -0.382. The Hall–Kier alpha value is -3.12. The molecule has 0 unspecified atom stereocenters. The highest BCUT2D eigenvalue weighted by atomic mass is 35.5. The molecule has 0 spiro atoms. The van der Waals surface area contributed by atoms with E-state index in [1.165, 1.54) is 10.7 Å². The highest BCUT2D eigenvalue weighted by Crippen LogP contribution is 2.20. The number of aryl methyl sites for hydroxylation is 1. The molecule has 0 aliphatic rings. The van der Waals surface area contributed by atoms with Crippen molar-refractivity contribution < 1.29 is 4.79 Å². The average Bonchev–Trinajstić information content (AvgIpc) is 2.57. The second-order valence-electron chi connectivity index (χ2n) is 5.35. The van der Waals surface area contributed by atoms with Crippen LogP contribution in [0.25, 0.3) is 11.3 Å². The van der Waals surface area contributed by atoms with Gasteiger partial charge in [-0.05, 0) is 36.4 Å². The molecule has 0 saturated heterocycles. The standard InChI is InChI=1S/C18H15ClN4O2/c1-23-17(24)9-8-16(22-23)12-4-2-6-14(10-12)20-18(25)21-15-7-3-5-13(19)11-15/h2-11H,1H3,(H2,20,21,25). The number of carbonyl (C=O) groups is 1. The molecule has 0 atom stereocenters. The van der Waals surface area contributed by atoms with Crippen molar-refractivity contribution in [1.82, 2.24) is 9.78 Å². The molecule has 1 aromatic heterocycles. The highest BCUT2D eigenvalue weighted by Gasteiger charge is 2.06. The molecular weight excluding hydrogens is 340 g/mol. The molecule has 3 rings (SSSR count). The number of nitrogens with zero attached hydrogens (tertiary/aromatic N) is 2. The molecule has 2 amide bonds. The summed E-state index contributed by atoms with van der Waals surface area (Å²) < 4.78 is 1.27. The van der Waals surface area contributed by atoms with Crippen molar-refractivity contribution in [3.63, 3.8) is 0 Å². The number of aromatic nitrogens is 2. The number of nitrogens with one attached hydrogen (secondary N) is 2. The lowest BCUT2D eigenvalue weighted by Gasteiger charge is -2.09. The molecule has 1 heterocycles. The van der Waals surface area contributed by atoms with Gasteiger partial charge in [-0.2, -0.15) is 5.10 Å². The fourth-order valence-corrected chi connectivity index (χ4v) is 2.46. The van der Waals surface area contributed by atoms with Crippen LogP contribution >= 0.6 is 11.6 Å². The average molecular weight is 355 g/mol. The number of benzene rings is 2. The number of amides is 2.